The van der Waals surface area contributed by atoms with Crippen LogP contribution in [0.25, 0.3) is 0 Å². The van der Waals surface area contributed by atoms with E-state index in [-0.39, 0.29) is 5.91 Å². The number of likely N-dealkylation sites (tertiary alicyclic amines) is 1. The molecule has 1 amide bonds. The molecule has 3 aromatic rings. The van der Waals surface area contributed by atoms with Gasteiger partial charge in [-0.05, 0) is 44.0 Å². The smallest absolute Gasteiger partial charge is 0.253 e. The van der Waals surface area contributed by atoms with E-state index in [0.29, 0.717) is 30.3 Å². The van der Waals surface area contributed by atoms with Gasteiger partial charge >= 0.3 is 0 Å². The van der Waals surface area contributed by atoms with Crippen LogP contribution in [0, 0.1) is 0 Å². The van der Waals surface area contributed by atoms with Crippen molar-refractivity contribution < 1.29 is 9.90 Å². The molecule has 8 nitrogen and oxygen atoms in total. The highest BCUT2D eigenvalue weighted by Crippen LogP contribution is 2.26. The highest BCUT2D eigenvalue weighted by Gasteiger charge is 2.28. The zero-order valence-corrected chi connectivity index (χ0v) is 16.0. The van der Waals surface area contributed by atoms with Crippen molar-refractivity contribution in [3.63, 3.8) is 0 Å². The van der Waals surface area contributed by atoms with Gasteiger partial charge in [0.05, 0.1) is 12.7 Å². The highest BCUT2D eigenvalue weighted by atomic mass is 16.3. The van der Waals surface area contributed by atoms with E-state index in [0.717, 1.165) is 24.2 Å². The summed E-state index contributed by atoms with van der Waals surface area (Å²) in [6, 6.07) is 9.56. The lowest BCUT2D eigenvalue weighted by atomic mass is 10.1. The molecule has 0 saturated carbocycles. The number of carbonyl (C=O) groups is 1. The van der Waals surface area contributed by atoms with Crippen LogP contribution in [-0.2, 0) is 12.1 Å². The van der Waals surface area contributed by atoms with Gasteiger partial charge in [-0.1, -0.05) is 17.3 Å². The van der Waals surface area contributed by atoms with Crippen molar-refractivity contribution in [3.8, 4) is 0 Å². The van der Waals surface area contributed by atoms with Gasteiger partial charge in [0, 0.05) is 36.5 Å². The summed E-state index contributed by atoms with van der Waals surface area (Å²) in [6.07, 6.45) is 4.41. The number of nitrogens with one attached hydrogen (secondary N) is 1. The van der Waals surface area contributed by atoms with E-state index in [2.05, 4.69) is 20.5 Å². The minimum atomic E-state index is -1.03. The van der Waals surface area contributed by atoms with Crippen molar-refractivity contribution in [2.24, 2.45) is 0 Å². The molecule has 1 atom stereocenters. The van der Waals surface area contributed by atoms with E-state index in [4.69, 9.17) is 0 Å². The zero-order chi connectivity index (χ0) is 19.7. The fourth-order valence-corrected chi connectivity index (χ4v) is 3.52. The van der Waals surface area contributed by atoms with Crippen LogP contribution in [0.1, 0.15) is 53.5 Å². The first-order valence-corrected chi connectivity index (χ1v) is 9.40. The largest absolute Gasteiger partial charge is 0.384 e. The summed E-state index contributed by atoms with van der Waals surface area (Å²) in [5, 5.41) is 25.1. The fourth-order valence-electron chi connectivity index (χ4n) is 3.52. The van der Waals surface area contributed by atoms with Crippen molar-refractivity contribution in [1.29, 1.82) is 0 Å². The van der Waals surface area contributed by atoms with Crippen LogP contribution in [-0.4, -0.2) is 54.2 Å². The van der Waals surface area contributed by atoms with Gasteiger partial charge in [-0.15, -0.1) is 5.10 Å². The molecular formula is C20H24N6O2. The third-order valence-corrected chi connectivity index (χ3v) is 5.12. The number of H-pyrrole nitrogens is 1. The summed E-state index contributed by atoms with van der Waals surface area (Å²) in [5.74, 6) is 0.352. The second-order valence-corrected chi connectivity index (χ2v) is 7.81. The van der Waals surface area contributed by atoms with E-state index in [1.165, 1.54) is 0 Å². The Morgan fingerprint density at radius 1 is 1.36 bits per heavy atom. The average molecular weight is 380 g/mol. The summed E-state index contributed by atoms with van der Waals surface area (Å²) in [4.78, 5) is 14.8. The molecule has 8 heteroatoms. The molecule has 1 aliphatic rings. The maximum atomic E-state index is 12.9. The molecule has 146 valence electrons. The molecule has 3 heterocycles. The van der Waals surface area contributed by atoms with Crippen LogP contribution in [0.2, 0.25) is 0 Å². The predicted octanol–water partition coefficient (Wildman–Crippen LogP) is 1.91. The summed E-state index contributed by atoms with van der Waals surface area (Å²) < 4.78 is 1.67. The standard InChI is InChI=1S/C20H24N6O2/c1-20(2,28)18-13-26(24-23-18)11-14-4-3-5-15(10-14)19(27)25-9-7-16(12-25)17-6-8-21-22-17/h3-6,8,10,13,16,28H,7,9,11-12H2,1-2H3,(H,21,22). The first-order valence-electron chi connectivity index (χ1n) is 9.40. The number of hydrogen-bond donors (Lipinski definition) is 2. The fraction of sp³-hybridized carbons (Fsp3) is 0.400. The van der Waals surface area contributed by atoms with E-state index >= 15 is 0 Å². The lowest BCUT2D eigenvalue weighted by molar-refractivity contribution is 0.0736. The van der Waals surface area contributed by atoms with Gasteiger partial charge < -0.3 is 10.0 Å². The molecular weight excluding hydrogens is 356 g/mol. The molecule has 1 aromatic carbocycles. The number of hydrogen-bond acceptors (Lipinski definition) is 5. The molecule has 2 N–H and O–H groups in total. The monoisotopic (exact) mass is 380 g/mol. The minimum absolute atomic E-state index is 0.0413. The number of nitrogens with zero attached hydrogens (tertiary/aromatic N) is 5. The topological polar surface area (TPSA) is 99.9 Å². The number of carbonyl (C=O) groups excluding carboxylic acids is 1. The quantitative estimate of drug-likeness (QED) is 0.704. The molecule has 1 aliphatic heterocycles. The predicted molar refractivity (Wildman–Crippen MR) is 103 cm³/mol. The van der Waals surface area contributed by atoms with Crippen molar-refractivity contribution in [2.75, 3.05) is 13.1 Å². The van der Waals surface area contributed by atoms with Gasteiger partial charge in [-0.2, -0.15) is 5.10 Å². The molecule has 1 unspecified atom stereocenters. The van der Waals surface area contributed by atoms with Crippen molar-refractivity contribution in [3.05, 3.63) is 65.2 Å². The van der Waals surface area contributed by atoms with Crippen molar-refractivity contribution in [2.45, 2.75) is 38.3 Å². The SMILES string of the molecule is CC(C)(O)c1cn(Cc2cccc(C(=O)N3CCC(c4ccn[nH]4)C3)c2)nn1. The minimum Gasteiger partial charge on any atom is -0.384 e. The summed E-state index contributed by atoms with van der Waals surface area (Å²) in [5.41, 5.74) is 2.20. The maximum absolute atomic E-state index is 12.9. The molecule has 0 radical (unpaired) electrons. The Hall–Kier alpha value is -3.00. The average Bonchev–Trinajstić information content (AvgIpc) is 3.41. The molecule has 0 bridgehead atoms. The van der Waals surface area contributed by atoms with Crippen LogP contribution in [0.4, 0.5) is 0 Å². The van der Waals surface area contributed by atoms with Crippen LogP contribution >= 0.6 is 0 Å². The lowest BCUT2D eigenvalue weighted by Gasteiger charge is -2.17. The molecule has 28 heavy (non-hydrogen) atoms. The van der Waals surface area contributed by atoms with E-state index in [9.17, 15) is 9.90 Å². The Balaban J connectivity index is 1.45. The Labute approximate surface area is 163 Å². The number of aliphatic hydroxyl groups is 1. The van der Waals surface area contributed by atoms with E-state index < -0.39 is 5.60 Å². The summed E-state index contributed by atoms with van der Waals surface area (Å²) in [7, 11) is 0. The lowest BCUT2D eigenvalue weighted by Crippen LogP contribution is -2.28. The Morgan fingerprint density at radius 3 is 2.93 bits per heavy atom. The molecule has 0 spiro atoms. The Bertz CT molecular complexity index is 957. The van der Waals surface area contributed by atoms with Gasteiger partial charge in [-0.25, -0.2) is 4.68 Å². The second-order valence-electron chi connectivity index (χ2n) is 7.81. The third-order valence-electron chi connectivity index (χ3n) is 5.12. The number of amides is 1. The molecule has 2 aromatic heterocycles. The Morgan fingerprint density at radius 2 is 2.21 bits per heavy atom. The van der Waals surface area contributed by atoms with Crippen LogP contribution in [0.15, 0.2) is 42.7 Å². The van der Waals surface area contributed by atoms with Crippen molar-refractivity contribution >= 4 is 5.91 Å². The normalized spacial score (nSPS) is 17.2. The highest BCUT2D eigenvalue weighted by molar-refractivity contribution is 5.94. The molecule has 1 fully saturated rings. The van der Waals surface area contributed by atoms with Gasteiger partial charge in [-0.3, -0.25) is 9.89 Å². The van der Waals surface area contributed by atoms with Crippen LogP contribution < -0.4 is 0 Å². The van der Waals surface area contributed by atoms with Gasteiger partial charge in [0.25, 0.3) is 5.91 Å². The number of aromatic amines is 1. The van der Waals surface area contributed by atoms with Gasteiger partial charge in [0.1, 0.15) is 11.3 Å². The summed E-state index contributed by atoms with van der Waals surface area (Å²) in [6.45, 7) is 5.27. The zero-order valence-electron chi connectivity index (χ0n) is 16.0. The molecule has 4 rings (SSSR count). The number of aromatic nitrogens is 5. The first kappa shape index (κ1) is 18.4. The van der Waals surface area contributed by atoms with Gasteiger partial charge in [0.2, 0.25) is 0 Å². The van der Waals surface area contributed by atoms with E-state index in [1.54, 1.807) is 30.9 Å². The molecule has 1 saturated heterocycles. The summed E-state index contributed by atoms with van der Waals surface area (Å²) >= 11 is 0. The molecule has 0 aliphatic carbocycles. The van der Waals surface area contributed by atoms with Gasteiger partial charge in [0.15, 0.2) is 0 Å². The third kappa shape index (κ3) is 3.82. The van der Waals surface area contributed by atoms with Crippen LogP contribution in [0.5, 0.6) is 0 Å². The first-order chi connectivity index (χ1) is 13.4. The number of benzene rings is 1. The Kier molecular flexibility index (Phi) is 4.72. The van der Waals surface area contributed by atoms with Crippen LogP contribution in [0.3, 0.4) is 0 Å². The second kappa shape index (κ2) is 7.20. The maximum Gasteiger partial charge on any atom is 0.253 e. The van der Waals surface area contributed by atoms with Crippen molar-refractivity contribution in [1.82, 2.24) is 30.1 Å². The number of rotatable bonds is 5. The van der Waals surface area contributed by atoms with E-state index in [1.807, 2.05) is 35.2 Å².